The van der Waals surface area contributed by atoms with Gasteiger partial charge in [0, 0.05) is 0 Å². The van der Waals surface area contributed by atoms with E-state index < -0.39 is 0 Å². The molecule has 5 atom stereocenters. The van der Waals surface area contributed by atoms with Gasteiger partial charge >= 0.3 is 5.97 Å². The van der Waals surface area contributed by atoms with Crippen molar-refractivity contribution in [2.24, 2.45) is 35.0 Å². The molecule has 0 spiro atoms. The van der Waals surface area contributed by atoms with Gasteiger partial charge in [-0.25, -0.2) is 0 Å². The van der Waals surface area contributed by atoms with Crippen LogP contribution in [-0.4, -0.2) is 64.4 Å². The summed E-state index contributed by atoms with van der Waals surface area (Å²) >= 11 is 0. The largest absolute Gasteiger partial charge is 0.465 e. The van der Waals surface area contributed by atoms with E-state index in [0.29, 0.717) is 44.9 Å². The molecule has 0 aliphatic carbocycles. The average Bonchev–Trinajstić information content (AvgIpc) is 3.81. The van der Waals surface area contributed by atoms with Crippen LogP contribution in [0, 0.1) is 35.0 Å². The number of epoxide rings is 2. The van der Waals surface area contributed by atoms with E-state index in [2.05, 4.69) is 48.5 Å². The maximum atomic E-state index is 13.4. The molecule has 0 aromatic carbocycles. The fraction of sp³-hybridized carbons (Fsp3) is 0.969. The molecule has 2 aliphatic rings. The molecule has 0 aromatic rings. The Morgan fingerprint density at radius 3 is 1.68 bits per heavy atom. The highest BCUT2D eigenvalue weighted by molar-refractivity contribution is 5.72. The molecule has 0 saturated carbocycles. The highest BCUT2D eigenvalue weighted by Gasteiger charge is 2.35. The number of hydrogen-bond acceptors (Lipinski definition) is 6. The van der Waals surface area contributed by atoms with Crippen LogP contribution in [0.1, 0.15) is 106 Å². The van der Waals surface area contributed by atoms with Crippen molar-refractivity contribution in [1.29, 1.82) is 0 Å². The number of ether oxygens (including phenoxy) is 5. The molecule has 224 valence electrons. The molecule has 2 rings (SSSR count). The van der Waals surface area contributed by atoms with Crippen LogP contribution < -0.4 is 0 Å². The first-order chi connectivity index (χ1) is 18.2. The minimum Gasteiger partial charge on any atom is -0.465 e. The molecule has 0 N–H and O–H groups in total. The van der Waals surface area contributed by atoms with Crippen molar-refractivity contribution in [3.63, 3.8) is 0 Å². The Morgan fingerprint density at radius 1 is 0.737 bits per heavy atom. The molecule has 2 saturated heterocycles. The summed E-state index contributed by atoms with van der Waals surface area (Å²) in [6.45, 7) is 20.1. The van der Waals surface area contributed by atoms with Crippen molar-refractivity contribution in [2.75, 3.05) is 46.2 Å². The van der Waals surface area contributed by atoms with Gasteiger partial charge in [-0.3, -0.25) is 4.79 Å². The first-order valence-corrected chi connectivity index (χ1v) is 15.7. The molecule has 2 heterocycles. The van der Waals surface area contributed by atoms with Crippen molar-refractivity contribution in [2.45, 2.75) is 118 Å². The molecule has 2 aliphatic heterocycles. The summed E-state index contributed by atoms with van der Waals surface area (Å²) in [5, 5.41) is 0. The summed E-state index contributed by atoms with van der Waals surface area (Å²) in [4.78, 5) is 13.4. The zero-order chi connectivity index (χ0) is 28.0. The van der Waals surface area contributed by atoms with Crippen molar-refractivity contribution in [3.05, 3.63) is 0 Å². The SMILES string of the molecule is CCC(COCC1CO1)(COCC1CO1)COC(=O)C(CCCCCC(C)C(C)C)CCCC(C)C(C)C. The number of unbranched alkanes of at least 4 members (excludes halogenated alkanes) is 2. The molecule has 6 heteroatoms. The number of hydrogen-bond donors (Lipinski definition) is 0. The van der Waals surface area contributed by atoms with E-state index in [0.717, 1.165) is 57.2 Å². The van der Waals surface area contributed by atoms with Gasteiger partial charge < -0.3 is 23.7 Å². The van der Waals surface area contributed by atoms with Crippen LogP contribution >= 0.6 is 0 Å². The molecular formula is C32H60O6. The van der Waals surface area contributed by atoms with Gasteiger partial charge in [0.25, 0.3) is 0 Å². The maximum Gasteiger partial charge on any atom is 0.308 e. The van der Waals surface area contributed by atoms with Gasteiger partial charge in [0.05, 0.1) is 51.0 Å². The van der Waals surface area contributed by atoms with E-state index in [1.165, 1.54) is 25.7 Å². The van der Waals surface area contributed by atoms with Gasteiger partial charge in [0.15, 0.2) is 0 Å². The smallest absolute Gasteiger partial charge is 0.308 e. The second kappa shape index (κ2) is 17.9. The number of carbonyl (C=O) groups is 1. The Hall–Kier alpha value is -0.690. The second-order valence-corrected chi connectivity index (χ2v) is 13.1. The van der Waals surface area contributed by atoms with Crippen molar-refractivity contribution in [1.82, 2.24) is 0 Å². The summed E-state index contributed by atoms with van der Waals surface area (Å²) in [5.41, 5.74) is -0.344. The van der Waals surface area contributed by atoms with E-state index in [-0.39, 0.29) is 29.5 Å². The normalized spacial score (nSPS) is 22.8. The third-order valence-electron chi connectivity index (χ3n) is 9.03. The van der Waals surface area contributed by atoms with Crippen LogP contribution in [0.5, 0.6) is 0 Å². The Bertz CT molecular complexity index is 609. The third kappa shape index (κ3) is 14.1. The highest BCUT2D eigenvalue weighted by Crippen LogP contribution is 2.28. The zero-order valence-corrected chi connectivity index (χ0v) is 25.8. The quantitative estimate of drug-likeness (QED) is 0.0740. The topological polar surface area (TPSA) is 69.8 Å². The lowest BCUT2D eigenvalue weighted by Crippen LogP contribution is -2.39. The van der Waals surface area contributed by atoms with E-state index in [1.807, 2.05) is 0 Å². The average molecular weight is 541 g/mol. The Morgan fingerprint density at radius 2 is 1.21 bits per heavy atom. The molecule has 0 aromatic heterocycles. The van der Waals surface area contributed by atoms with E-state index in [1.54, 1.807) is 0 Å². The standard InChI is InChI=1S/C32H60O6/c1-8-32(21-34-17-29-19-36-29,22-35-18-30-20-37-30)23-38-31(33)28(16-12-14-27(7)25(4)5)15-11-9-10-13-26(6)24(2)3/h24-30H,8-23H2,1-7H3. The Balaban J connectivity index is 1.88. The summed E-state index contributed by atoms with van der Waals surface area (Å²) in [5.74, 6) is 2.80. The molecule has 0 amide bonds. The van der Waals surface area contributed by atoms with Gasteiger partial charge in [-0.15, -0.1) is 0 Å². The lowest BCUT2D eigenvalue weighted by molar-refractivity contribution is -0.157. The van der Waals surface area contributed by atoms with E-state index >= 15 is 0 Å². The predicted octanol–water partition coefficient (Wildman–Crippen LogP) is 7.08. The van der Waals surface area contributed by atoms with Crippen LogP contribution in [0.15, 0.2) is 0 Å². The van der Waals surface area contributed by atoms with E-state index in [4.69, 9.17) is 23.7 Å². The summed E-state index contributed by atoms with van der Waals surface area (Å²) in [6.07, 6.45) is 10.2. The zero-order valence-electron chi connectivity index (χ0n) is 25.8. The van der Waals surface area contributed by atoms with Crippen molar-refractivity contribution < 1.29 is 28.5 Å². The number of esters is 1. The molecule has 5 unspecified atom stereocenters. The lowest BCUT2D eigenvalue weighted by Gasteiger charge is -2.32. The van der Waals surface area contributed by atoms with Crippen LogP contribution in [0.25, 0.3) is 0 Å². The van der Waals surface area contributed by atoms with Crippen molar-refractivity contribution >= 4 is 5.97 Å². The molecule has 38 heavy (non-hydrogen) atoms. The van der Waals surface area contributed by atoms with Crippen LogP contribution in [0.2, 0.25) is 0 Å². The fourth-order valence-electron chi connectivity index (χ4n) is 4.68. The fourth-order valence-corrected chi connectivity index (χ4v) is 4.68. The summed E-state index contributed by atoms with van der Waals surface area (Å²) in [6, 6.07) is 0. The lowest BCUT2D eigenvalue weighted by atomic mass is 9.87. The minimum atomic E-state index is -0.344. The summed E-state index contributed by atoms with van der Waals surface area (Å²) < 4.78 is 28.7. The van der Waals surface area contributed by atoms with Gasteiger partial charge in [-0.1, -0.05) is 87.0 Å². The van der Waals surface area contributed by atoms with Crippen molar-refractivity contribution in [3.8, 4) is 0 Å². The van der Waals surface area contributed by atoms with Gasteiger partial charge in [0.2, 0.25) is 0 Å². The maximum absolute atomic E-state index is 13.4. The Labute approximate surface area is 234 Å². The van der Waals surface area contributed by atoms with Crippen LogP contribution in [-0.2, 0) is 28.5 Å². The highest BCUT2D eigenvalue weighted by atomic mass is 16.6. The third-order valence-corrected chi connectivity index (χ3v) is 9.03. The molecule has 0 bridgehead atoms. The predicted molar refractivity (Wildman–Crippen MR) is 153 cm³/mol. The van der Waals surface area contributed by atoms with Gasteiger partial charge in [-0.05, 0) is 42.9 Å². The Kier molecular flexibility index (Phi) is 15.8. The number of carbonyl (C=O) groups excluding carboxylic acids is 1. The minimum absolute atomic E-state index is 0.0204. The molecule has 6 nitrogen and oxygen atoms in total. The second-order valence-electron chi connectivity index (χ2n) is 13.1. The molecule has 0 radical (unpaired) electrons. The first-order valence-electron chi connectivity index (χ1n) is 15.7. The van der Waals surface area contributed by atoms with Crippen LogP contribution in [0.4, 0.5) is 0 Å². The summed E-state index contributed by atoms with van der Waals surface area (Å²) in [7, 11) is 0. The monoisotopic (exact) mass is 540 g/mol. The van der Waals surface area contributed by atoms with Gasteiger partial charge in [-0.2, -0.15) is 0 Å². The van der Waals surface area contributed by atoms with Gasteiger partial charge in [0.1, 0.15) is 18.8 Å². The molecular weight excluding hydrogens is 480 g/mol. The molecule has 2 fully saturated rings. The van der Waals surface area contributed by atoms with E-state index in [9.17, 15) is 4.79 Å². The number of rotatable bonds is 24. The van der Waals surface area contributed by atoms with Crippen LogP contribution in [0.3, 0.4) is 0 Å². The first kappa shape index (κ1) is 33.5.